The Morgan fingerprint density at radius 1 is 0.968 bits per heavy atom. The average molecular weight is 434 g/mol. The molecule has 0 aliphatic heterocycles. The second-order valence-electron chi connectivity index (χ2n) is 6.58. The number of non-ortho nitro benzene ring substituents is 1. The molecule has 0 bridgehead atoms. The Labute approximate surface area is 182 Å². The maximum Gasteiger partial charge on any atom is 0.323 e. The van der Waals surface area contributed by atoms with Gasteiger partial charge < -0.3 is 10.6 Å². The number of benzene rings is 3. The fourth-order valence-electron chi connectivity index (χ4n) is 2.99. The summed E-state index contributed by atoms with van der Waals surface area (Å²) in [6.07, 6.45) is 3.57. The standard InChI is InChI=1S/C22H16ClN5O3/c23-16-5-9-18(10-6-16)27-14-15(13-24-27)20-3-1-2-4-21(20)26-22(29)25-17-7-11-19(12-8-17)28(30)31/h1-14H,(H2,25,26,29). The summed E-state index contributed by atoms with van der Waals surface area (Å²) < 4.78 is 1.72. The predicted octanol–water partition coefficient (Wildman–Crippen LogP) is 5.74. The summed E-state index contributed by atoms with van der Waals surface area (Å²) in [5, 5.41) is 21.3. The van der Waals surface area contributed by atoms with Gasteiger partial charge in [-0.2, -0.15) is 5.10 Å². The third kappa shape index (κ3) is 4.71. The summed E-state index contributed by atoms with van der Waals surface area (Å²) in [5.41, 5.74) is 3.46. The minimum absolute atomic E-state index is 0.0472. The van der Waals surface area contributed by atoms with Crippen molar-refractivity contribution in [2.24, 2.45) is 0 Å². The van der Waals surface area contributed by atoms with Gasteiger partial charge in [0.15, 0.2) is 0 Å². The minimum atomic E-state index is -0.496. The van der Waals surface area contributed by atoms with Crippen molar-refractivity contribution in [3.63, 3.8) is 0 Å². The second kappa shape index (κ2) is 8.68. The maximum absolute atomic E-state index is 12.5. The molecular formula is C22H16ClN5O3. The first-order valence-corrected chi connectivity index (χ1v) is 9.60. The summed E-state index contributed by atoms with van der Waals surface area (Å²) in [6, 6.07) is 19.8. The van der Waals surface area contributed by atoms with E-state index in [0.717, 1.165) is 16.8 Å². The molecule has 0 aliphatic carbocycles. The van der Waals surface area contributed by atoms with E-state index in [4.69, 9.17) is 11.6 Å². The molecule has 8 nitrogen and oxygen atoms in total. The molecule has 154 valence electrons. The number of nitrogens with one attached hydrogen (secondary N) is 2. The van der Waals surface area contributed by atoms with Crippen LogP contribution in [0.4, 0.5) is 21.9 Å². The van der Waals surface area contributed by atoms with E-state index in [0.29, 0.717) is 16.4 Å². The van der Waals surface area contributed by atoms with Crippen molar-refractivity contribution >= 4 is 34.7 Å². The molecule has 0 saturated heterocycles. The smallest absolute Gasteiger partial charge is 0.308 e. The normalized spacial score (nSPS) is 10.5. The lowest BCUT2D eigenvalue weighted by atomic mass is 10.1. The molecule has 0 fully saturated rings. The largest absolute Gasteiger partial charge is 0.323 e. The van der Waals surface area contributed by atoms with Gasteiger partial charge in [-0.05, 0) is 42.5 Å². The van der Waals surface area contributed by atoms with E-state index in [2.05, 4.69) is 15.7 Å². The predicted molar refractivity (Wildman–Crippen MR) is 120 cm³/mol. The van der Waals surface area contributed by atoms with Gasteiger partial charge in [-0.3, -0.25) is 10.1 Å². The number of carbonyl (C=O) groups excluding carboxylic acids is 1. The molecule has 0 unspecified atom stereocenters. The Morgan fingerprint density at radius 2 is 1.68 bits per heavy atom. The average Bonchev–Trinajstić information content (AvgIpc) is 3.25. The fraction of sp³-hybridized carbons (Fsp3) is 0. The monoisotopic (exact) mass is 433 g/mol. The summed E-state index contributed by atoms with van der Waals surface area (Å²) in [4.78, 5) is 22.7. The first kappa shape index (κ1) is 20.1. The number of nitro groups is 1. The van der Waals surface area contributed by atoms with Gasteiger partial charge in [-0.15, -0.1) is 0 Å². The first-order valence-electron chi connectivity index (χ1n) is 9.22. The number of aromatic nitrogens is 2. The van der Waals surface area contributed by atoms with E-state index in [-0.39, 0.29) is 5.69 Å². The van der Waals surface area contributed by atoms with Gasteiger partial charge in [0.1, 0.15) is 0 Å². The summed E-state index contributed by atoms with van der Waals surface area (Å²) >= 11 is 5.94. The van der Waals surface area contributed by atoms with Crippen LogP contribution >= 0.6 is 11.6 Å². The number of amides is 2. The quantitative estimate of drug-likeness (QED) is 0.309. The van der Waals surface area contributed by atoms with Crippen LogP contribution < -0.4 is 10.6 Å². The van der Waals surface area contributed by atoms with Crippen molar-refractivity contribution in [1.82, 2.24) is 9.78 Å². The van der Waals surface area contributed by atoms with Crippen LogP contribution in [-0.4, -0.2) is 20.7 Å². The molecule has 31 heavy (non-hydrogen) atoms. The molecule has 0 atom stereocenters. The molecular weight excluding hydrogens is 418 g/mol. The lowest BCUT2D eigenvalue weighted by Crippen LogP contribution is -2.19. The summed E-state index contributed by atoms with van der Waals surface area (Å²) in [6.45, 7) is 0. The Hall–Kier alpha value is -4.17. The zero-order valence-corrected chi connectivity index (χ0v) is 16.8. The molecule has 2 N–H and O–H groups in total. The zero-order valence-electron chi connectivity index (χ0n) is 16.0. The first-order chi connectivity index (χ1) is 15.0. The van der Waals surface area contributed by atoms with Crippen molar-refractivity contribution in [1.29, 1.82) is 0 Å². The van der Waals surface area contributed by atoms with Gasteiger partial charge in [0.25, 0.3) is 5.69 Å². The molecule has 0 aliphatic rings. The molecule has 1 heterocycles. The SMILES string of the molecule is O=C(Nc1ccc([N+](=O)[O-])cc1)Nc1ccccc1-c1cnn(-c2ccc(Cl)cc2)c1. The lowest BCUT2D eigenvalue weighted by Gasteiger charge is -2.11. The molecule has 9 heteroatoms. The van der Waals surface area contributed by atoms with Crippen LogP contribution in [0.2, 0.25) is 5.02 Å². The molecule has 4 rings (SSSR count). The van der Waals surface area contributed by atoms with Crippen LogP contribution in [0.3, 0.4) is 0 Å². The van der Waals surface area contributed by atoms with Crippen molar-refractivity contribution in [2.45, 2.75) is 0 Å². The lowest BCUT2D eigenvalue weighted by molar-refractivity contribution is -0.384. The highest BCUT2D eigenvalue weighted by atomic mass is 35.5. The van der Waals surface area contributed by atoms with E-state index in [1.165, 1.54) is 24.3 Å². The number of nitro benzene ring substituents is 1. The van der Waals surface area contributed by atoms with Gasteiger partial charge in [0, 0.05) is 40.2 Å². The summed E-state index contributed by atoms with van der Waals surface area (Å²) in [5.74, 6) is 0. The van der Waals surface area contributed by atoms with E-state index in [1.54, 1.807) is 29.1 Å². The van der Waals surface area contributed by atoms with Crippen molar-refractivity contribution in [3.05, 3.63) is 100 Å². The number of nitrogens with zero attached hydrogens (tertiary/aromatic N) is 3. The number of hydrogen-bond acceptors (Lipinski definition) is 4. The molecule has 4 aromatic rings. The number of para-hydroxylation sites is 1. The van der Waals surface area contributed by atoms with Crippen LogP contribution in [0.1, 0.15) is 0 Å². The molecule has 3 aromatic carbocycles. The second-order valence-corrected chi connectivity index (χ2v) is 7.02. The van der Waals surface area contributed by atoms with Crippen LogP contribution in [0.25, 0.3) is 16.8 Å². The Morgan fingerprint density at radius 3 is 2.39 bits per heavy atom. The van der Waals surface area contributed by atoms with Gasteiger partial charge in [0.05, 0.1) is 22.5 Å². The molecule has 0 spiro atoms. The summed E-state index contributed by atoms with van der Waals surface area (Å²) in [7, 11) is 0. The fourth-order valence-corrected chi connectivity index (χ4v) is 3.12. The van der Waals surface area contributed by atoms with Crippen molar-refractivity contribution in [2.75, 3.05) is 10.6 Å². The topological polar surface area (TPSA) is 102 Å². The van der Waals surface area contributed by atoms with E-state index in [9.17, 15) is 14.9 Å². The minimum Gasteiger partial charge on any atom is -0.308 e. The highest BCUT2D eigenvalue weighted by Crippen LogP contribution is 2.28. The molecule has 0 radical (unpaired) electrons. The van der Waals surface area contributed by atoms with Crippen LogP contribution in [0, 0.1) is 10.1 Å². The number of urea groups is 1. The Kier molecular flexibility index (Phi) is 5.63. The van der Waals surface area contributed by atoms with E-state index in [1.807, 2.05) is 36.5 Å². The van der Waals surface area contributed by atoms with E-state index >= 15 is 0 Å². The van der Waals surface area contributed by atoms with Crippen LogP contribution in [0.5, 0.6) is 0 Å². The maximum atomic E-state index is 12.5. The highest BCUT2D eigenvalue weighted by Gasteiger charge is 2.12. The molecule has 1 aromatic heterocycles. The Bertz CT molecular complexity index is 1240. The highest BCUT2D eigenvalue weighted by molar-refractivity contribution is 6.30. The number of halogens is 1. The third-order valence-electron chi connectivity index (χ3n) is 4.50. The van der Waals surface area contributed by atoms with Crippen molar-refractivity contribution < 1.29 is 9.72 Å². The van der Waals surface area contributed by atoms with Crippen LogP contribution in [-0.2, 0) is 0 Å². The molecule has 0 saturated carbocycles. The zero-order chi connectivity index (χ0) is 21.8. The Balaban J connectivity index is 1.51. The third-order valence-corrected chi connectivity index (χ3v) is 4.75. The number of rotatable bonds is 5. The van der Waals surface area contributed by atoms with Gasteiger partial charge in [-0.25, -0.2) is 9.48 Å². The van der Waals surface area contributed by atoms with Gasteiger partial charge in [-0.1, -0.05) is 29.8 Å². The number of anilines is 2. The van der Waals surface area contributed by atoms with Gasteiger partial charge in [0.2, 0.25) is 0 Å². The van der Waals surface area contributed by atoms with E-state index < -0.39 is 11.0 Å². The van der Waals surface area contributed by atoms with Crippen molar-refractivity contribution in [3.8, 4) is 16.8 Å². The molecule has 2 amide bonds. The van der Waals surface area contributed by atoms with Crippen LogP contribution in [0.15, 0.2) is 85.2 Å². The number of carbonyl (C=O) groups is 1. The van der Waals surface area contributed by atoms with Gasteiger partial charge >= 0.3 is 6.03 Å². The number of hydrogen-bond donors (Lipinski definition) is 2.